The van der Waals surface area contributed by atoms with Gasteiger partial charge >= 0.3 is 0 Å². The lowest BCUT2D eigenvalue weighted by atomic mass is 9.97. The Morgan fingerprint density at radius 3 is 2.48 bits per heavy atom. The van der Waals surface area contributed by atoms with Crippen molar-refractivity contribution in [2.24, 2.45) is 5.92 Å². The van der Waals surface area contributed by atoms with Crippen LogP contribution in [0.4, 0.5) is 0 Å². The molecule has 3 rings (SSSR count). The van der Waals surface area contributed by atoms with Crippen LogP contribution in [0.3, 0.4) is 0 Å². The van der Waals surface area contributed by atoms with Crippen LogP contribution >= 0.6 is 0 Å². The van der Waals surface area contributed by atoms with Crippen molar-refractivity contribution >= 4 is 16.7 Å². The van der Waals surface area contributed by atoms with E-state index in [2.05, 4.69) is 24.1 Å². The van der Waals surface area contributed by atoms with E-state index < -0.39 is 10.8 Å². The van der Waals surface area contributed by atoms with E-state index in [4.69, 9.17) is 0 Å². The van der Waals surface area contributed by atoms with E-state index in [-0.39, 0.29) is 11.7 Å². The van der Waals surface area contributed by atoms with Gasteiger partial charge in [0.2, 0.25) is 5.91 Å². The van der Waals surface area contributed by atoms with Gasteiger partial charge in [-0.3, -0.25) is 14.3 Å². The molecule has 0 radical (unpaired) electrons. The van der Waals surface area contributed by atoms with Crippen LogP contribution in [-0.2, 0) is 15.6 Å². The summed E-state index contributed by atoms with van der Waals surface area (Å²) < 4.78 is 11.6. The maximum atomic E-state index is 13.1. The van der Waals surface area contributed by atoms with Crippen LogP contribution in [0.25, 0.3) is 0 Å². The quantitative estimate of drug-likeness (QED) is 0.867. The molecule has 3 aliphatic rings. The van der Waals surface area contributed by atoms with E-state index in [1.54, 1.807) is 0 Å². The zero-order valence-corrected chi connectivity index (χ0v) is 14.1. The number of amides is 1. The Morgan fingerprint density at radius 2 is 1.90 bits per heavy atom. The second-order valence-corrected chi connectivity index (χ2v) is 9.07. The number of hydrogen-bond acceptors (Lipinski definition) is 3. The van der Waals surface area contributed by atoms with Gasteiger partial charge in [0.05, 0.1) is 11.7 Å². The van der Waals surface area contributed by atoms with Crippen LogP contribution in [0.2, 0.25) is 0 Å². The molecular weight excluding hydrogens is 284 g/mol. The molecule has 4 nitrogen and oxygen atoms in total. The highest BCUT2D eigenvalue weighted by Gasteiger charge is 2.53. The van der Waals surface area contributed by atoms with Crippen LogP contribution in [0.5, 0.6) is 0 Å². The Morgan fingerprint density at radius 1 is 1.29 bits per heavy atom. The van der Waals surface area contributed by atoms with Gasteiger partial charge in [0.15, 0.2) is 0 Å². The smallest absolute Gasteiger partial charge is 0.244 e. The maximum absolute atomic E-state index is 13.1. The second-order valence-electron chi connectivity index (χ2n) is 7.37. The highest BCUT2D eigenvalue weighted by Crippen LogP contribution is 2.39. The fraction of sp³-hybridized carbons (Fsp3) is 0.938. The van der Waals surface area contributed by atoms with Gasteiger partial charge in [0.1, 0.15) is 0 Å². The third kappa shape index (κ3) is 2.91. The van der Waals surface area contributed by atoms with Crippen LogP contribution in [0, 0.1) is 5.92 Å². The Bertz CT molecular complexity index is 422. The molecule has 1 saturated carbocycles. The minimum atomic E-state index is -0.663. The number of carbonyl (C=O) groups excluding carboxylic acids is 1. The van der Waals surface area contributed by atoms with Gasteiger partial charge in [0, 0.05) is 28.3 Å². The molecule has 2 aliphatic heterocycles. The summed E-state index contributed by atoms with van der Waals surface area (Å²) in [6.07, 6.45) is 7.34. The monoisotopic (exact) mass is 312 g/mol. The van der Waals surface area contributed by atoms with E-state index in [9.17, 15) is 9.00 Å². The van der Waals surface area contributed by atoms with Gasteiger partial charge in [-0.2, -0.15) is 0 Å². The highest BCUT2D eigenvalue weighted by atomic mass is 32.2. The molecule has 0 bridgehead atoms. The van der Waals surface area contributed by atoms with Crippen LogP contribution in [0.1, 0.15) is 58.8 Å². The van der Waals surface area contributed by atoms with Crippen molar-refractivity contribution in [1.29, 1.82) is 0 Å². The SMILES string of the molecule is CC(C)CC1NC2(CCCC2)C(=O)N1C1CCS(=O)CC1. The molecule has 1 unspecified atom stereocenters. The van der Waals surface area contributed by atoms with Crippen LogP contribution in [-0.4, -0.2) is 44.3 Å². The molecule has 2 saturated heterocycles. The minimum Gasteiger partial charge on any atom is -0.322 e. The molecule has 1 N–H and O–H groups in total. The summed E-state index contributed by atoms with van der Waals surface area (Å²) in [7, 11) is -0.663. The Labute approximate surface area is 130 Å². The van der Waals surface area contributed by atoms with E-state index in [0.717, 1.165) is 56.5 Å². The number of hydrogen-bond donors (Lipinski definition) is 1. The third-order valence-corrected chi connectivity index (χ3v) is 6.71. The lowest BCUT2D eigenvalue weighted by molar-refractivity contribution is -0.135. The van der Waals surface area contributed by atoms with Crippen molar-refractivity contribution in [2.45, 2.75) is 76.5 Å². The normalized spacial score (nSPS) is 36.0. The van der Waals surface area contributed by atoms with Crippen LogP contribution in [0.15, 0.2) is 0 Å². The second kappa shape index (κ2) is 5.99. The van der Waals surface area contributed by atoms with Gasteiger partial charge in [-0.05, 0) is 38.0 Å². The fourth-order valence-corrected chi connectivity index (χ4v) is 5.55. The molecule has 5 heteroatoms. The topological polar surface area (TPSA) is 49.4 Å². The van der Waals surface area contributed by atoms with Gasteiger partial charge in [-0.15, -0.1) is 0 Å². The Balaban J connectivity index is 1.80. The molecule has 2 heterocycles. The van der Waals surface area contributed by atoms with E-state index in [1.807, 2.05) is 0 Å². The molecule has 3 fully saturated rings. The lowest BCUT2D eigenvalue weighted by Gasteiger charge is -2.35. The molecule has 1 aliphatic carbocycles. The first-order valence-corrected chi connectivity index (χ1v) is 9.96. The molecule has 21 heavy (non-hydrogen) atoms. The molecular formula is C16H28N2O2S. The van der Waals surface area contributed by atoms with Gasteiger partial charge in [-0.25, -0.2) is 0 Å². The van der Waals surface area contributed by atoms with Crippen LogP contribution < -0.4 is 5.32 Å². The average molecular weight is 312 g/mol. The zero-order valence-electron chi connectivity index (χ0n) is 13.3. The van der Waals surface area contributed by atoms with Crippen molar-refractivity contribution in [3.8, 4) is 0 Å². The third-order valence-electron chi connectivity index (χ3n) is 5.33. The molecule has 0 aromatic rings. The fourth-order valence-electron chi connectivity index (χ4n) is 4.27. The molecule has 0 aromatic heterocycles. The first-order valence-electron chi connectivity index (χ1n) is 8.47. The molecule has 1 atom stereocenters. The van der Waals surface area contributed by atoms with Gasteiger partial charge < -0.3 is 4.90 Å². The van der Waals surface area contributed by atoms with E-state index in [1.165, 1.54) is 0 Å². The summed E-state index contributed by atoms with van der Waals surface area (Å²) in [5.74, 6) is 2.43. The number of nitrogens with one attached hydrogen (secondary N) is 1. The van der Waals surface area contributed by atoms with Crippen molar-refractivity contribution < 1.29 is 9.00 Å². The van der Waals surface area contributed by atoms with E-state index >= 15 is 0 Å². The Hall–Kier alpha value is -0.420. The maximum Gasteiger partial charge on any atom is 0.244 e. The van der Waals surface area contributed by atoms with Gasteiger partial charge in [0.25, 0.3) is 0 Å². The summed E-state index contributed by atoms with van der Waals surface area (Å²) in [5, 5.41) is 3.71. The molecule has 1 amide bonds. The minimum absolute atomic E-state index is 0.187. The lowest BCUT2D eigenvalue weighted by Crippen LogP contribution is -2.48. The number of nitrogens with zero attached hydrogens (tertiary/aromatic N) is 1. The van der Waals surface area contributed by atoms with Gasteiger partial charge in [-0.1, -0.05) is 26.7 Å². The standard InChI is InChI=1S/C16H28N2O2S/c1-12(2)11-14-17-16(7-3-4-8-16)15(19)18(14)13-5-9-21(20)10-6-13/h12-14,17H,3-11H2,1-2H3. The number of carbonyl (C=O) groups is 1. The first kappa shape index (κ1) is 15.5. The number of rotatable bonds is 3. The summed E-state index contributed by atoms with van der Waals surface area (Å²) >= 11 is 0. The van der Waals surface area contributed by atoms with Crippen molar-refractivity contribution in [1.82, 2.24) is 10.2 Å². The largest absolute Gasteiger partial charge is 0.322 e. The summed E-state index contributed by atoms with van der Waals surface area (Å²) in [6, 6.07) is 0.298. The first-order chi connectivity index (χ1) is 10.0. The van der Waals surface area contributed by atoms with Crippen molar-refractivity contribution in [3.05, 3.63) is 0 Å². The highest BCUT2D eigenvalue weighted by molar-refractivity contribution is 7.85. The summed E-state index contributed by atoms with van der Waals surface area (Å²) in [4.78, 5) is 15.2. The predicted octanol–water partition coefficient (Wildman–Crippen LogP) is 2.01. The summed E-state index contributed by atoms with van der Waals surface area (Å²) in [6.45, 7) is 4.44. The predicted molar refractivity (Wildman–Crippen MR) is 85.3 cm³/mol. The Kier molecular flexibility index (Phi) is 4.42. The van der Waals surface area contributed by atoms with Crippen molar-refractivity contribution in [2.75, 3.05) is 11.5 Å². The zero-order chi connectivity index (χ0) is 15.0. The molecule has 0 aromatic carbocycles. The summed E-state index contributed by atoms with van der Waals surface area (Å²) in [5.41, 5.74) is -0.268. The van der Waals surface area contributed by atoms with Crippen molar-refractivity contribution in [3.63, 3.8) is 0 Å². The molecule has 120 valence electrons. The molecule has 1 spiro atoms. The van der Waals surface area contributed by atoms with E-state index in [0.29, 0.717) is 17.9 Å². The average Bonchev–Trinajstić information content (AvgIpc) is 2.99.